The van der Waals surface area contributed by atoms with Crippen LogP contribution in [0.1, 0.15) is 46.6 Å². The Balaban J connectivity index is 1.84. The largest absolute Gasteiger partial charge is 0.324 e. The minimum absolute atomic E-state index is 0.00411. The average Bonchev–Trinajstić information content (AvgIpc) is 2.51. The van der Waals surface area contributed by atoms with E-state index in [-0.39, 0.29) is 17.7 Å². The van der Waals surface area contributed by atoms with E-state index in [1.807, 2.05) is 0 Å². The van der Waals surface area contributed by atoms with Crippen molar-refractivity contribution in [1.29, 1.82) is 0 Å². The standard InChI is InChI=1S/C18H21N3O/c1-13-5-2-3-6-15(13)18(7-4-8-18)9-17-20-11-14(12-21-17)16(22)10-19/h2-3,5-6,11-12H,4,7-10,19H2,1H3. The molecular formula is C18H21N3O. The Bertz CT molecular complexity index is 675. The van der Waals surface area contributed by atoms with Crippen molar-refractivity contribution in [2.45, 2.75) is 38.0 Å². The first kappa shape index (κ1) is 14.9. The van der Waals surface area contributed by atoms with Crippen LogP contribution in [-0.2, 0) is 11.8 Å². The third-order valence-corrected chi connectivity index (χ3v) is 4.74. The summed E-state index contributed by atoms with van der Waals surface area (Å²) in [4.78, 5) is 20.3. The Hall–Kier alpha value is -2.07. The molecule has 1 aliphatic carbocycles. The van der Waals surface area contributed by atoms with Crippen molar-refractivity contribution in [2.24, 2.45) is 5.73 Å². The molecule has 2 N–H and O–H groups in total. The van der Waals surface area contributed by atoms with Crippen LogP contribution >= 0.6 is 0 Å². The van der Waals surface area contributed by atoms with Crippen molar-refractivity contribution in [1.82, 2.24) is 9.97 Å². The maximum absolute atomic E-state index is 11.5. The van der Waals surface area contributed by atoms with Crippen LogP contribution in [0.15, 0.2) is 36.7 Å². The first-order chi connectivity index (χ1) is 10.6. The molecule has 0 unspecified atom stereocenters. The van der Waals surface area contributed by atoms with Gasteiger partial charge in [0.15, 0.2) is 5.78 Å². The zero-order chi connectivity index (χ0) is 15.6. The third kappa shape index (κ3) is 2.66. The molecule has 1 saturated carbocycles. The van der Waals surface area contributed by atoms with Gasteiger partial charge in [-0.2, -0.15) is 0 Å². The number of nitrogens with zero attached hydrogens (tertiary/aromatic N) is 2. The highest BCUT2D eigenvalue weighted by molar-refractivity contribution is 5.96. The van der Waals surface area contributed by atoms with Crippen molar-refractivity contribution in [3.63, 3.8) is 0 Å². The number of Topliss-reactive ketones (excluding diaryl/α,β-unsaturated/α-hetero) is 1. The Morgan fingerprint density at radius 3 is 2.45 bits per heavy atom. The van der Waals surface area contributed by atoms with Gasteiger partial charge in [-0.1, -0.05) is 30.7 Å². The van der Waals surface area contributed by atoms with Crippen LogP contribution in [0.4, 0.5) is 0 Å². The van der Waals surface area contributed by atoms with E-state index < -0.39 is 0 Å². The number of carbonyl (C=O) groups excluding carboxylic acids is 1. The Morgan fingerprint density at radius 1 is 1.23 bits per heavy atom. The fourth-order valence-corrected chi connectivity index (χ4v) is 3.32. The van der Waals surface area contributed by atoms with Gasteiger partial charge < -0.3 is 5.73 Å². The van der Waals surface area contributed by atoms with Gasteiger partial charge in [0.25, 0.3) is 0 Å². The van der Waals surface area contributed by atoms with Crippen LogP contribution < -0.4 is 5.73 Å². The summed E-state index contributed by atoms with van der Waals surface area (Å²) in [6.07, 6.45) is 7.62. The second-order valence-corrected chi connectivity index (χ2v) is 6.14. The number of aromatic nitrogens is 2. The second kappa shape index (κ2) is 5.97. The van der Waals surface area contributed by atoms with Crippen molar-refractivity contribution in [2.75, 3.05) is 6.54 Å². The highest BCUT2D eigenvalue weighted by Gasteiger charge is 2.40. The molecule has 3 rings (SSSR count). The van der Waals surface area contributed by atoms with Crippen molar-refractivity contribution < 1.29 is 4.79 Å². The molecule has 1 aliphatic rings. The summed E-state index contributed by atoms with van der Waals surface area (Å²) in [5.41, 5.74) is 8.75. The van der Waals surface area contributed by atoms with E-state index in [0.29, 0.717) is 5.56 Å². The topological polar surface area (TPSA) is 68.9 Å². The molecule has 0 amide bonds. The number of rotatable bonds is 5. The molecule has 0 aliphatic heterocycles. The van der Waals surface area contributed by atoms with Crippen LogP contribution in [-0.4, -0.2) is 22.3 Å². The minimum atomic E-state index is -0.121. The molecule has 2 aromatic rings. The summed E-state index contributed by atoms with van der Waals surface area (Å²) < 4.78 is 0. The Labute approximate surface area is 130 Å². The van der Waals surface area contributed by atoms with Crippen LogP contribution in [0, 0.1) is 6.92 Å². The van der Waals surface area contributed by atoms with Gasteiger partial charge in [0.2, 0.25) is 0 Å². The van der Waals surface area contributed by atoms with Gasteiger partial charge in [0.1, 0.15) is 5.82 Å². The molecule has 0 saturated heterocycles. The van der Waals surface area contributed by atoms with Gasteiger partial charge >= 0.3 is 0 Å². The average molecular weight is 295 g/mol. The lowest BCUT2D eigenvalue weighted by Crippen LogP contribution is -2.37. The van der Waals surface area contributed by atoms with Crippen LogP contribution in [0.25, 0.3) is 0 Å². The Kier molecular flexibility index (Phi) is 4.03. The lowest BCUT2D eigenvalue weighted by Gasteiger charge is -2.43. The maximum atomic E-state index is 11.5. The van der Waals surface area contributed by atoms with E-state index >= 15 is 0 Å². The molecule has 1 heterocycles. The first-order valence-electron chi connectivity index (χ1n) is 7.75. The van der Waals surface area contributed by atoms with E-state index in [0.717, 1.165) is 12.2 Å². The summed E-state index contributed by atoms with van der Waals surface area (Å²) in [5, 5.41) is 0. The van der Waals surface area contributed by atoms with E-state index in [9.17, 15) is 4.79 Å². The molecule has 4 nitrogen and oxygen atoms in total. The zero-order valence-electron chi connectivity index (χ0n) is 12.9. The van der Waals surface area contributed by atoms with Gasteiger partial charge in [-0.25, -0.2) is 9.97 Å². The molecule has 1 fully saturated rings. The molecule has 1 aromatic carbocycles. The maximum Gasteiger partial charge on any atom is 0.179 e. The van der Waals surface area contributed by atoms with Crippen LogP contribution in [0.5, 0.6) is 0 Å². The molecule has 0 bridgehead atoms. The lowest BCUT2D eigenvalue weighted by atomic mass is 9.61. The van der Waals surface area contributed by atoms with Gasteiger partial charge in [-0.05, 0) is 30.9 Å². The van der Waals surface area contributed by atoms with Crippen molar-refractivity contribution >= 4 is 5.78 Å². The number of hydrogen-bond acceptors (Lipinski definition) is 4. The number of nitrogens with two attached hydrogens (primary N) is 1. The summed E-state index contributed by atoms with van der Waals surface area (Å²) in [5.74, 6) is 0.681. The van der Waals surface area contributed by atoms with Crippen molar-refractivity contribution in [3.05, 3.63) is 59.2 Å². The Morgan fingerprint density at radius 2 is 1.91 bits per heavy atom. The molecular weight excluding hydrogens is 274 g/mol. The van der Waals surface area contributed by atoms with Crippen LogP contribution in [0.3, 0.4) is 0 Å². The highest BCUT2D eigenvalue weighted by atomic mass is 16.1. The van der Waals surface area contributed by atoms with E-state index in [1.165, 1.54) is 30.4 Å². The molecule has 22 heavy (non-hydrogen) atoms. The summed E-state index contributed by atoms with van der Waals surface area (Å²) >= 11 is 0. The van der Waals surface area contributed by atoms with Gasteiger partial charge in [0.05, 0.1) is 12.1 Å². The summed E-state index contributed by atoms with van der Waals surface area (Å²) in [7, 11) is 0. The molecule has 0 spiro atoms. The molecule has 1 aromatic heterocycles. The number of aryl methyl sites for hydroxylation is 1. The van der Waals surface area contributed by atoms with E-state index in [2.05, 4.69) is 41.2 Å². The number of hydrogen-bond donors (Lipinski definition) is 1. The number of ketones is 1. The number of benzene rings is 1. The SMILES string of the molecule is Cc1ccccc1C1(Cc2ncc(C(=O)CN)cn2)CCC1. The van der Waals surface area contributed by atoms with Crippen molar-refractivity contribution in [3.8, 4) is 0 Å². The first-order valence-corrected chi connectivity index (χ1v) is 7.75. The fraction of sp³-hybridized carbons (Fsp3) is 0.389. The highest BCUT2D eigenvalue weighted by Crippen LogP contribution is 2.46. The van der Waals surface area contributed by atoms with E-state index in [4.69, 9.17) is 5.73 Å². The monoisotopic (exact) mass is 295 g/mol. The normalized spacial score (nSPS) is 16.1. The summed E-state index contributed by atoms with van der Waals surface area (Å²) in [6.45, 7) is 2.16. The zero-order valence-corrected chi connectivity index (χ0v) is 12.9. The number of carbonyl (C=O) groups is 1. The van der Waals surface area contributed by atoms with Gasteiger partial charge in [-0.3, -0.25) is 4.79 Å². The summed E-state index contributed by atoms with van der Waals surface area (Å²) in [6, 6.07) is 8.57. The second-order valence-electron chi connectivity index (χ2n) is 6.14. The predicted octanol–water partition coefficient (Wildman–Crippen LogP) is 2.59. The predicted molar refractivity (Wildman–Crippen MR) is 85.8 cm³/mol. The quantitative estimate of drug-likeness (QED) is 0.861. The molecule has 0 radical (unpaired) electrons. The minimum Gasteiger partial charge on any atom is -0.324 e. The van der Waals surface area contributed by atoms with Gasteiger partial charge in [0, 0.05) is 24.2 Å². The molecule has 4 heteroatoms. The fourth-order valence-electron chi connectivity index (χ4n) is 3.32. The van der Waals surface area contributed by atoms with E-state index in [1.54, 1.807) is 12.4 Å². The van der Waals surface area contributed by atoms with Crippen LogP contribution in [0.2, 0.25) is 0 Å². The van der Waals surface area contributed by atoms with Gasteiger partial charge in [-0.15, -0.1) is 0 Å². The molecule has 0 atom stereocenters. The smallest absolute Gasteiger partial charge is 0.179 e. The third-order valence-electron chi connectivity index (χ3n) is 4.74. The molecule has 114 valence electrons. The lowest BCUT2D eigenvalue weighted by molar-refractivity contribution is 0.100.